The van der Waals surface area contributed by atoms with Crippen molar-refractivity contribution in [3.05, 3.63) is 11.6 Å². The molecule has 8 nitrogen and oxygen atoms in total. The first-order valence-electron chi connectivity index (χ1n) is 13.5. The number of esters is 2. The number of carbonyl (C=O) groups is 2. The lowest BCUT2D eigenvalue weighted by Gasteiger charge is -2.58. The molecule has 198 valence electrons. The number of carbonyl (C=O) groups excluding carboxylic acids is 2. The van der Waals surface area contributed by atoms with Crippen molar-refractivity contribution in [1.29, 1.82) is 0 Å². The first-order valence-corrected chi connectivity index (χ1v) is 13.5. The standard InChI is InChI=1S/C28H40N2O6/c1-7-34-25(32)24-23-15-22-20-9-8-18-14-19(35-17(3)31)10-12-26(18,4)21(20)11-13-27(22,5)28(23,36-30-24)16(2)29-33-6/h8,19-23H,7,9-15H2,1-6H3/t19-,20-,21+,22+,23-,26-,27+,28-/m0/s1. The molecule has 36 heavy (non-hydrogen) atoms. The van der Waals surface area contributed by atoms with E-state index < -0.39 is 11.6 Å². The first-order chi connectivity index (χ1) is 17.1. The molecule has 0 aromatic carbocycles. The number of fused-ring (bicyclic) bond motifs is 7. The Morgan fingerprint density at radius 2 is 1.97 bits per heavy atom. The highest BCUT2D eigenvalue weighted by atomic mass is 16.7. The van der Waals surface area contributed by atoms with E-state index in [-0.39, 0.29) is 28.8 Å². The third kappa shape index (κ3) is 3.38. The molecule has 0 radical (unpaired) electrons. The Morgan fingerprint density at radius 1 is 1.19 bits per heavy atom. The van der Waals surface area contributed by atoms with Gasteiger partial charge in [-0.15, -0.1) is 0 Å². The summed E-state index contributed by atoms with van der Waals surface area (Å²) in [5, 5.41) is 8.66. The molecule has 3 fully saturated rings. The lowest BCUT2D eigenvalue weighted by Crippen LogP contribution is -2.59. The number of rotatable bonds is 5. The minimum absolute atomic E-state index is 0.00834. The number of oxime groups is 2. The normalized spacial score (nSPS) is 43.1. The van der Waals surface area contributed by atoms with Crippen LogP contribution < -0.4 is 0 Å². The molecule has 0 N–H and O–H groups in total. The number of nitrogens with zero attached hydrogens (tertiary/aromatic N) is 2. The lowest BCUT2D eigenvalue weighted by atomic mass is 9.46. The number of hydrogen-bond donors (Lipinski definition) is 0. The van der Waals surface area contributed by atoms with E-state index in [0.717, 1.165) is 50.7 Å². The number of allylic oxidation sites excluding steroid dienone is 1. The average Bonchev–Trinajstić information content (AvgIpc) is 3.33. The Kier molecular flexibility index (Phi) is 6.23. The van der Waals surface area contributed by atoms with Crippen molar-refractivity contribution in [3.8, 4) is 0 Å². The van der Waals surface area contributed by atoms with E-state index in [1.54, 1.807) is 7.11 Å². The van der Waals surface area contributed by atoms with Gasteiger partial charge >= 0.3 is 11.9 Å². The van der Waals surface area contributed by atoms with Gasteiger partial charge < -0.3 is 19.1 Å². The van der Waals surface area contributed by atoms with Gasteiger partial charge in [-0.2, -0.15) is 0 Å². The molecule has 0 saturated heterocycles. The van der Waals surface area contributed by atoms with Crippen molar-refractivity contribution in [3.63, 3.8) is 0 Å². The van der Waals surface area contributed by atoms with E-state index in [0.29, 0.717) is 30.1 Å². The zero-order valence-corrected chi connectivity index (χ0v) is 22.5. The fourth-order valence-electron chi connectivity index (χ4n) is 8.97. The molecule has 0 aromatic rings. The van der Waals surface area contributed by atoms with Crippen LogP contribution in [0.1, 0.15) is 79.6 Å². The van der Waals surface area contributed by atoms with Crippen LogP contribution in [-0.2, 0) is 28.7 Å². The van der Waals surface area contributed by atoms with Crippen molar-refractivity contribution in [2.45, 2.75) is 91.3 Å². The fraction of sp³-hybridized carbons (Fsp3) is 0.786. The van der Waals surface area contributed by atoms with Gasteiger partial charge in [0.1, 0.15) is 18.9 Å². The monoisotopic (exact) mass is 500 g/mol. The number of hydrogen-bond acceptors (Lipinski definition) is 8. The third-order valence-electron chi connectivity index (χ3n) is 10.5. The van der Waals surface area contributed by atoms with Crippen LogP contribution in [-0.4, -0.2) is 48.8 Å². The minimum atomic E-state index is -0.807. The van der Waals surface area contributed by atoms with Gasteiger partial charge in [-0.3, -0.25) is 4.79 Å². The van der Waals surface area contributed by atoms with Crippen LogP contribution in [0.25, 0.3) is 0 Å². The van der Waals surface area contributed by atoms with E-state index in [2.05, 4.69) is 30.2 Å². The van der Waals surface area contributed by atoms with E-state index in [4.69, 9.17) is 19.1 Å². The molecule has 5 aliphatic rings. The molecular formula is C28H40N2O6. The van der Waals surface area contributed by atoms with Crippen LogP contribution in [0.4, 0.5) is 0 Å². The molecule has 1 aliphatic heterocycles. The Balaban J connectivity index is 1.50. The molecule has 0 spiro atoms. The van der Waals surface area contributed by atoms with Gasteiger partial charge in [0, 0.05) is 18.8 Å². The molecule has 3 saturated carbocycles. The van der Waals surface area contributed by atoms with Gasteiger partial charge in [0.15, 0.2) is 11.3 Å². The molecule has 0 amide bonds. The Bertz CT molecular complexity index is 1040. The molecule has 4 aliphatic carbocycles. The fourth-order valence-corrected chi connectivity index (χ4v) is 8.97. The van der Waals surface area contributed by atoms with Crippen LogP contribution in [0.2, 0.25) is 0 Å². The van der Waals surface area contributed by atoms with Gasteiger partial charge in [-0.05, 0) is 75.5 Å². The highest BCUT2D eigenvalue weighted by Crippen LogP contribution is 2.70. The Labute approximate surface area is 213 Å². The third-order valence-corrected chi connectivity index (χ3v) is 10.5. The van der Waals surface area contributed by atoms with E-state index >= 15 is 0 Å². The maximum atomic E-state index is 12.9. The first kappa shape index (κ1) is 25.3. The van der Waals surface area contributed by atoms with Crippen molar-refractivity contribution in [2.24, 2.45) is 44.8 Å². The summed E-state index contributed by atoms with van der Waals surface area (Å²) >= 11 is 0. The van der Waals surface area contributed by atoms with Crippen LogP contribution in [0.3, 0.4) is 0 Å². The van der Waals surface area contributed by atoms with Crippen LogP contribution in [0.15, 0.2) is 22.0 Å². The predicted molar refractivity (Wildman–Crippen MR) is 134 cm³/mol. The second-order valence-electron chi connectivity index (χ2n) is 11.9. The highest BCUT2D eigenvalue weighted by molar-refractivity contribution is 6.38. The van der Waals surface area contributed by atoms with Crippen molar-refractivity contribution >= 4 is 23.4 Å². The average molecular weight is 501 g/mol. The molecule has 8 atom stereocenters. The molecule has 1 heterocycles. The van der Waals surface area contributed by atoms with Crippen LogP contribution >= 0.6 is 0 Å². The van der Waals surface area contributed by atoms with Crippen molar-refractivity contribution < 1.29 is 28.7 Å². The van der Waals surface area contributed by atoms with E-state index in [9.17, 15) is 9.59 Å². The number of ether oxygens (including phenoxy) is 2. The van der Waals surface area contributed by atoms with Crippen molar-refractivity contribution in [2.75, 3.05) is 13.7 Å². The summed E-state index contributed by atoms with van der Waals surface area (Å²) in [4.78, 5) is 36.0. The summed E-state index contributed by atoms with van der Waals surface area (Å²) in [5.74, 6) is 0.586. The highest BCUT2D eigenvalue weighted by Gasteiger charge is 2.74. The summed E-state index contributed by atoms with van der Waals surface area (Å²) in [7, 11) is 1.54. The van der Waals surface area contributed by atoms with Crippen molar-refractivity contribution in [1.82, 2.24) is 0 Å². The zero-order valence-electron chi connectivity index (χ0n) is 22.5. The zero-order chi connectivity index (χ0) is 25.9. The summed E-state index contributed by atoms with van der Waals surface area (Å²) < 4.78 is 11.0. The topological polar surface area (TPSA) is 95.8 Å². The van der Waals surface area contributed by atoms with Crippen LogP contribution in [0, 0.1) is 34.5 Å². The second-order valence-corrected chi connectivity index (χ2v) is 11.9. The van der Waals surface area contributed by atoms with E-state index in [1.165, 1.54) is 12.5 Å². The summed E-state index contributed by atoms with van der Waals surface area (Å²) in [6.45, 7) is 10.3. The molecule has 8 heteroatoms. The second kappa shape index (κ2) is 8.88. The Morgan fingerprint density at radius 3 is 2.67 bits per heavy atom. The minimum Gasteiger partial charge on any atom is -0.462 e. The maximum Gasteiger partial charge on any atom is 0.356 e. The van der Waals surface area contributed by atoms with Gasteiger partial charge in [0.25, 0.3) is 0 Å². The molecular weight excluding hydrogens is 460 g/mol. The van der Waals surface area contributed by atoms with Gasteiger partial charge in [0.05, 0.1) is 12.5 Å². The molecule has 0 bridgehead atoms. The smallest absolute Gasteiger partial charge is 0.356 e. The van der Waals surface area contributed by atoms with Gasteiger partial charge in [-0.25, -0.2) is 4.79 Å². The summed E-state index contributed by atoms with van der Waals surface area (Å²) in [6.07, 6.45) is 9.07. The molecule has 0 unspecified atom stereocenters. The largest absolute Gasteiger partial charge is 0.462 e. The maximum absolute atomic E-state index is 12.9. The Hall–Kier alpha value is -2.38. The molecule has 5 rings (SSSR count). The van der Waals surface area contributed by atoms with E-state index in [1.807, 2.05) is 13.8 Å². The molecule has 0 aromatic heterocycles. The van der Waals surface area contributed by atoms with Gasteiger partial charge in [0.2, 0.25) is 0 Å². The predicted octanol–water partition coefficient (Wildman–Crippen LogP) is 4.82. The van der Waals surface area contributed by atoms with Crippen LogP contribution in [0.5, 0.6) is 0 Å². The lowest BCUT2D eigenvalue weighted by molar-refractivity contribution is -0.149. The summed E-state index contributed by atoms with van der Waals surface area (Å²) in [5.41, 5.74) is 1.65. The van der Waals surface area contributed by atoms with Gasteiger partial charge in [-0.1, -0.05) is 35.8 Å². The SMILES string of the molecule is CCOC(=O)C1=NO[C@@]2(C(C)=NOC)[C@H]1C[C@@H]1[C@H]3CC=C4C[C@@H](OC(C)=O)CC[C@]4(C)[C@@H]3CC[C@]12C. The quantitative estimate of drug-likeness (QED) is 0.232. The summed E-state index contributed by atoms with van der Waals surface area (Å²) in [6, 6.07) is 0.